The van der Waals surface area contributed by atoms with Gasteiger partial charge in [-0.2, -0.15) is 0 Å². The normalized spacial score (nSPS) is 17.2. The summed E-state index contributed by atoms with van der Waals surface area (Å²) in [5.41, 5.74) is -0.560. The monoisotopic (exact) mass is 438 g/mol. The Morgan fingerprint density at radius 3 is 1.88 bits per heavy atom. The van der Waals surface area contributed by atoms with Gasteiger partial charge in [-0.05, 0) is 35.4 Å². The van der Waals surface area contributed by atoms with Crippen LogP contribution in [0.4, 0.5) is 9.59 Å². The average molecular weight is 438 g/mol. The van der Waals surface area contributed by atoms with Crippen molar-refractivity contribution in [2.75, 3.05) is 33.9 Å². The highest BCUT2D eigenvalue weighted by atomic mass is 16.5. The van der Waals surface area contributed by atoms with E-state index in [1.807, 2.05) is 0 Å². The van der Waals surface area contributed by atoms with Crippen molar-refractivity contribution in [2.24, 2.45) is 0 Å². The van der Waals surface area contributed by atoms with Crippen LogP contribution in [0.1, 0.15) is 11.1 Å². The van der Waals surface area contributed by atoms with Crippen LogP contribution in [0.15, 0.2) is 48.5 Å². The minimum absolute atomic E-state index is 0.184. The molecule has 2 aromatic carbocycles. The van der Waals surface area contributed by atoms with Crippen molar-refractivity contribution in [2.45, 2.75) is 5.54 Å². The maximum Gasteiger partial charge on any atom is 0.326 e. The van der Waals surface area contributed by atoms with Crippen LogP contribution in [-0.4, -0.2) is 67.5 Å². The van der Waals surface area contributed by atoms with E-state index < -0.39 is 36.0 Å². The Morgan fingerprint density at radius 2 is 1.44 bits per heavy atom. The number of imide groups is 2. The molecule has 4 rings (SSSR count). The van der Waals surface area contributed by atoms with Crippen LogP contribution >= 0.6 is 0 Å². The summed E-state index contributed by atoms with van der Waals surface area (Å²) in [6, 6.07) is 12.2. The van der Waals surface area contributed by atoms with Gasteiger partial charge >= 0.3 is 12.1 Å². The number of hydrogen-bond acceptors (Lipinski definition) is 6. The molecular formula is C22H22N4O6. The zero-order chi connectivity index (χ0) is 22.9. The molecular weight excluding hydrogens is 416 g/mol. The van der Waals surface area contributed by atoms with Gasteiger partial charge in [0, 0.05) is 13.1 Å². The van der Waals surface area contributed by atoms with Crippen molar-refractivity contribution in [3.8, 4) is 11.5 Å². The second kappa shape index (κ2) is 8.22. The summed E-state index contributed by atoms with van der Waals surface area (Å²) in [5.74, 6) is -0.0838. The van der Waals surface area contributed by atoms with Gasteiger partial charge in [0.2, 0.25) is 0 Å². The van der Waals surface area contributed by atoms with Crippen molar-refractivity contribution in [3.05, 3.63) is 59.7 Å². The molecule has 0 atom stereocenters. The molecule has 10 nitrogen and oxygen atoms in total. The fraction of sp³-hybridized carbons (Fsp3) is 0.273. The molecule has 0 radical (unpaired) electrons. The lowest BCUT2D eigenvalue weighted by atomic mass is 9.82. The number of methoxy groups -OCH3 is 2. The summed E-state index contributed by atoms with van der Waals surface area (Å²) in [6.45, 7) is -0.0398. The first-order chi connectivity index (χ1) is 15.4. The summed E-state index contributed by atoms with van der Waals surface area (Å²) in [4.78, 5) is 52.8. The van der Waals surface area contributed by atoms with Gasteiger partial charge in [-0.1, -0.05) is 24.3 Å². The molecule has 0 spiro atoms. The topological polar surface area (TPSA) is 117 Å². The third kappa shape index (κ3) is 3.39. The number of carbonyl (C=O) groups is 4. The molecule has 10 heteroatoms. The molecule has 0 unspecified atom stereocenters. The highest BCUT2D eigenvalue weighted by molar-refractivity contribution is 6.12. The Morgan fingerprint density at radius 1 is 0.906 bits per heavy atom. The molecule has 2 aromatic rings. The van der Waals surface area contributed by atoms with Gasteiger partial charge in [-0.3, -0.25) is 19.4 Å². The number of rotatable bonds is 6. The standard InChI is InChI=1S/C22H22N4O6/c1-31-16-7-3-14(4-8-16)22(15-5-9-17(32-2)10-6-15)19(28)26(21(30)24-22)13-18(27)25-12-11-23-20(25)29/h3-10H,11-13H2,1-2H3,(H,23,29)(H,24,30). The Bertz CT molecular complexity index is 1020. The number of ether oxygens (including phenoxy) is 2. The number of carbonyl (C=O) groups excluding carboxylic acids is 4. The van der Waals surface area contributed by atoms with Crippen LogP contribution < -0.4 is 20.1 Å². The second-order valence-electron chi connectivity index (χ2n) is 7.31. The van der Waals surface area contributed by atoms with E-state index in [1.54, 1.807) is 48.5 Å². The van der Waals surface area contributed by atoms with E-state index in [1.165, 1.54) is 14.2 Å². The van der Waals surface area contributed by atoms with Crippen molar-refractivity contribution < 1.29 is 28.7 Å². The maximum atomic E-state index is 13.7. The van der Waals surface area contributed by atoms with Gasteiger partial charge in [0.1, 0.15) is 18.0 Å². The van der Waals surface area contributed by atoms with E-state index in [-0.39, 0.29) is 6.54 Å². The van der Waals surface area contributed by atoms with Gasteiger partial charge in [0.15, 0.2) is 5.54 Å². The summed E-state index contributed by atoms with van der Waals surface area (Å²) >= 11 is 0. The van der Waals surface area contributed by atoms with Gasteiger partial charge in [-0.25, -0.2) is 9.59 Å². The summed E-state index contributed by atoms with van der Waals surface area (Å²) in [5, 5.41) is 5.29. The molecule has 0 saturated carbocycles. The predicted octanol–water partition coefficient (Wildman–Crippen LogP) is 1.05. The van der Waals surface area contributed by atoms with E-state index in [0.29, 0.717) is 29.2 Å². The third-order valence-corrected chi connectivity index (χ3v) is 5.60. The predicted molar refractivity (Wildman–Crippen MR) is 112 cm³/mol. The first kappa shape index (κ1) is 21.2. The van der Waals surface area contributed by atoms with Crippen LogP contribution in [-0.2, 0) is 15.1 Å². The van der Waals surface area contributed by atoms with E-state index in [2.05, 4.69) is 10.6 Å². The number of urea groups is 2. The number of amides is 6. The number of nitrogens with zero attached hydrogens (tertiary/aromatic N) is 2. The molecule has 2 N–H and O–H groups in total. The zero-order valence-corrected chi connectivity index (χ0v) is 17.6. The van der Waals surface area contributed by atoms with E-state index >= 15 is 0 Å². The van der Waals surface area contributed by atoms with Gasteiger partial charge in [0.05, 0.1) is 14.2 Å². The highest BCUT2D eigenvalue weighted by Crippen LogP contribution is 2.37. The molecule has 32 heavy (non-hydrogen) atoms. The van der Waals surface area contributed by atoms with Gasteiger partial charge in [0.25, 0.3) is 11.8 Å². The molecule has 6 amide bonds. The zero-order valence-electron chi connectivity index (χ0n) is 17.6. The van der Waals surface area contributed by atoms with Crippen molar-refractivity contribution >= 4 is 23.9 Å². The summed E-state index contributed by atoms with van der Waals surface area (Å²) in [6.07, 6.45) is 0. The lowest BCUT2D eigenvalue weighted by molar-refractivity contribution is -0.136. The quantitative estimate of drug-likeness (QED) is 0.651. The SMILES string of the molecule is COc1ccc(C2(c3ccc(OC)cc3)NC(=O)N(CC(=O)N3CCNC3=O)C2=O)cc1. The second-order valence-corrected chi connectivity index (χ2v) is 7.31. The minimum Gasteiger partial charge on any atom is -0.497 e. The average Bonchev–Trinajstić information content (AvgIpc) is 3.36. The lowest BCUT2D eigenvalue weighted by Crippen LogP contribution is -2.47. The smallest absolute Gasteiger partial charge is 0.326 e. The molecule has 2 aliphatic heterocycles. The fourth-order valence-electron chi connectivity index (χ4n) is 3.89. The molecule has 0 bridgehead atoms. The van der Waals surface area contributed by atoms with Crippen LogP contribution in [0.3, 0.4) is 0 Å². The summed E-state index contributed by atoms with van der Waals surface area (Å²) in [7, 11) is 3.05. The Hall–Kier alpha value is -4.08. The first-order valence-corrected chi connectivity index (χ1v) is 9.92. The Balaban J connectivity index is 1.73. The summed E-state index contributed by atoms with van der Waals surface area (Å²) < 4.78 is 10.4. The first-order valence-electron chi connectivity index (χ1n) is 9.92. The molecule has 0 aliphatic carbocycles. The van der Waals surface area contributed by atoms with Crippen molar-refractivity contribution in [1.29, 1.82) is 0 Å². The number of nitrogens with one attached hydrogen (secondary N) is 2. The molecule has 2 heterocycles. The van der Waals surface area contributed by atoms with Crippen molar-refractivity contribution in [3.63, 3.8) is 0 Å². The van der Waals surface area contributed by atoms with Gasteiger partial charge < -0.3 is 20.1 Å². The van der Waals surface area contributed by atoms with E-state index in [9.17, 15) is 19.2 Å². The van der Waals surface area contributed by atoms with Crippen LogP contribution in [0.25, 0.3) is 0 Å². The van der Waals surface area contributed by atoms with Crippen molar-refractivity contribution in [1.82, 2.24) is 20.4 Å². The lowest BCUT2D eigenvalue weighted by Gasteiger charge is -2.28. The number of benzene rings is 2. The van der Waals surface area contributed by atoms with E-state index in [4.69, 9.17) is 9.47 Å². The van der Waals surface area contributed by atoms with Gasteiger partial charge in [-0.15, -0.1) is 0 Å². The minimum atomic E-state index is -1.55. The maximum absolute atomic E-state index is 13.7. The Kier molecular flexibility index (Phi) is 5.43. The molecule has 2 aliphatic rings. The Labute approximate surface area is 184 Å². The molecule has 2 fully saturated rings. The molecule has 166 valence electrons. The molecule has 0 aromatic heterocycles. The van der Waals surface area contributed by atoms with Crippen LogP contribution in [0.5, 0.6) is 11.5 Å². The third-order valence-electron chi connectivity index (χ3n) is 5.60. The highest BCUT2D eigenvalue weighted by Gasteiger charge is 2.54. The fourth-order valence-corrected chi connectivity index (χ4v) is 3.89. The molecule has 2 saturated heterocycles. The van der Waals surface area contributed by atoms with E-state index in [0.717, 1.165) is 9.80 Å². The van der Waals surface area contributed by atoms with Crippen LogP contribution in [0, 0.1) is 0 Å². The number of hydrogen-bond donors (Lipinski definition) is 2. The largest absolute Gasteiger partial charge is 0.497 e. The van der Waals surface area contributed by atoms with Crippen LogP contribution in [0.2, 0.25) is 0 Å².